The van der Waals surface area contributed by atoms with Gasteiger partial charge in [0.25, 0.3) is 0 Å². The molecule has 1 aromatic rings. The molecule has 0 aliphatic rings. The van der Waals surface area contributed by atoms with Crippen LogP contribution in [0.5, 0.6) is 5.75 Å². The van der Waals surface area contributed by atoms with Gasteiger partial charge < -0.3 is 9.84 Å². The van der Waals surface area contributed by atoms with Gasteiger partial charge in [-0.25, -0.2) is 0 Å². The van der Waals surface area contributed by atoms with E-state index >= 15 is 0 Å². The smallest absolute Gasteiger partial charge is 0.310 e. The summed E-state index contributed by atoms with van der Waals surface area (Å²) in [5.74, 6) is -0.795. The predicted octanol–water partition coefficient (Wildman–Crippen LogP) is 1.59. The summed E-state index contributed by atoms with van der Waals surface area (Å²) in [6, 6.07) is 0. The van der Waals surface area contributed by atoms with Gasteiger partial charge in [-0.3, -0.25) is 9.78 Å². The van der Waals surface area contributed by atoms with Crippen molar-refractivity contribution in [3.63, 3.8) is 0 Å². The molecule has 0 saturated carbocycles. The summed E-state index contributed by atoms with van der Waals surface area (Å²) in [5, 5.41) is 8.85. The van der Waals surface area contributed by atoms with Gasteiger partial charge >= 0.3 is 5.97 Å². The second kappa shape index (κ2) is 4.09. The molecule has 0 radical (unpaired) electrons. The third kappa shape index (κ3) is 1.84. The minimum atomic E-state index is -0.858. The molecular weight excluding hydrogens is 182 g/mol. The second-order valence-electron chi connectivity index (χ2n) is 3.12. The lowest BCUT2D eigenvalue weighted by Gasteiger charge is -2.12. The maximum Gasteiger partial charge on any atom is 0.310 e. The Morgan fingerprint density at radius 1 is 1.57 bits per heavy atom. The molecule has 1 rings (SSSR count). The topological polar surface area (TPSA) is 59.4 Å². The zero-order valence-corrected chi connectivity index (χ0v) is 8.44. The summed E-state index contributed by atoms with van der Waals surface area (Å²) in [6.07, 6.45) is 3.14. The third-order valence-corrected chi connectivity index (χ3v) is 2.26. The first kappa shape index (κ1) is 10.5. The average Bonchev–Trinajstić information content (AvgIpc) is 2.17. The van der Waals surface area contributed by atoms with Crippen LogP contribution < -0.4 is 4.74 Å². The summed E-state index contributed by atoms with van der Waals surface area (Å²) in [7, 11) is 1.54. The monoisotopic (exact) mass is 195 g/mol. The molecule has 1 N–H and O–H groups in total. The molecule has 0 saturated heterocycles. The van der Waals surface area contributed by atoms with Crippen LogP contribution in [-0.4, -0.2) is 23.2 Å². The molecule has 0 aromatic carbocycles. The Morgan fingerprint density at radius 2 is 2.21 bits per heavy atom. The van der Waals surface area contributed by atoms with E-state index in [0.717, 1.165) is 5.56 Å². The van der Waals surface area contributed by atoms with Crippen molar-refractivity contribution in [2.24, 2.45) is 0 Å². The van der Waals surface area contributed by atoms with Crippen LogP contribution in [0.4, 0.5) is 0 Å². The number of carbonyl (C=O) groups is 1. The summed E-state index contributed by atoms with van der Waals surface area (Å²) in [6.45, 7) is 3.46. The fraction of sp³-hybridized carbons (Fsp3) is 0.400. The number of hydrogen-bond acceptors (Lipinski definition) is 3. The van der Waals surface area contributed by atoms with Crippen molar-refractivity contribution in [2.75, 3.05) is 7.11 Å². The van der Waals surface area contributed by atoms with E-state index in [2.05, 4.69) is 4.98 Å². The standard InChI is InChI=1S/C10H13NO3/c1-6-8(7(2)10(12)13)4-11-5-9(6)14-3/h4-5,7H,1-3H3,(H,12,13). The molecule has 76 valence electrons. The summed E-state index contributed by atoms with van der Waals surface area (Å²) < 4.78 is 5.06. The first-order valence-electron chi connectivity index (χ1n) is 4.29. The third-order valence-electron chi connectivity index (χ3n) is 2.26. The van der Waals surface area contributed by atoms with Crippen molar-refractivity contribution in [3.05, 3.63) is 23.5 Å². The van der Waals surface area contributed by atoms with Gasteiger partial charge in [0.05, 0.1) is 19.2 Å². The van der Waals surface area contributed by atoms with E-state index in [1.54, 1.807) is 26.4 Å². The molecule has 0 bridgehead atoms. The van der Waals surface area contributed by atoms with E-state index in [4.69, 9.17) is 9.84 Å². The number of methoxy groups -OCH3 is 1. The highest BCUT2D eigenvalue weighted by Gasteiger charge is 2.17. The molecular formula is C10H13NO3. The van der Waals surface area contributed by atoms with Gasteiger partial charge in [0.1, 0.15) is 5.75 Å². The number of ether oxygens (including phenoxy) is 1. The van der Waals surface area contributed by atoms with Crippen molar-refractivity contribution < 1.29 is 14.6 Å². The van der Waals surface area contributed by atoms with Crippen LogP contribution in [0.1, 0.15) is 24.0 Å². The number of nitrogens with zero attached hydrogens (tertiary/aromatic N) is 1. The molecule has 0 fully saturated rings. The van der Waals surface area contributed by atoms with E-state index in [1.165, 1.54) is 0 Å². The molecule has 0 aliphatic carbocycles. The minimum absolute atomic E-state index is 0.558. The van der Waals surface area contributed by atoms with Gasteiger partial charge in [-0.1, -0.05) is 0 Å². The molecule has 0 aliphatic heterocycles. The second-order valence-corrected chi connectivity index (χ2v) is 3.12. The van der Waals surface area contributed by atoms with E-state index in [-0.39, 0.29) is 0 Å². The lowest BCUT2D eigenvalue weighted by Crippen LogP contribution is -2.09. The van der Waals surface area contributed by atoms with Gasteiger partial charge in [-0.2, -0.15) is 0 Å². The molecule has 0 amide bonds. The van der Waals surface area contributed by atoms with Crippen LogP contribution >= 0.6 is 0 Å². The number of aliphatic carboxylic acids is 1. The maximum absolute atomic E-state index is 10.8. The molecule has 1 aromatic heterocycles. The van der Waals surface area contributed by atoms with E-state index in [0.29, 0.717) is 11.3 Å². The number of carboxylic acid groups (broad SMARTS) is 1. The Balaban J connectivity index is 3.15. The molecule has 0 spiro atoms. The minimum Gasteiger partial charge on any atom is -0.495 e. The Bertz CT molecular complexity index is 349. The normalized spacial score (nSPS) is 12.2. The molecule has 1 unspecified atom stereocenters. The number of hydrogen-bond donors (Lipinski definition) is 1. The predicted molar refractivity (Wildman–Crippen MR) is 51.6 cm³/mol. The molecule has 14 heavy (non-hydrogen) atoms. The first-order valence-corrected chi connectivity index (χ1v) is 4.29. The van der Waals surface area contributed by atoms with Crippen LogP contribution in [0, 0.1) is 6.92 Å². The lowest BCUT2D eigenvalue weighted by molar-refractivity contribution is -0.138. The Morgan fingerprint density at radius 3 is 2.71 bits per heavy atom. The summed E-state index contributed by atoms with van der Waals surface area (Å²) in [5.41, 5.74) is 1.52. The van der Waals surface area contributed by atoms with Gasteiger partial charge in [0, 0.05) is 6.20 Å². The summed E-state index contributed by atoms with van der Waals surface area (Å²) in [4.78, 5) is 14.7. The Hall–Kier alpha value is -1.58. The molecule has 1 heterocycles. The summed E-state index contributed by atoms with van der Waals surface area (Å²) >= 11 is 0. The van der Waals surface area contributed by atoms with Gasteiger partial charge in [0.2, 0.25) is 0 Å². The van der Waals surface area contributed by atoms with Crippen molar-refractivity contribution in [3.8, 4) is 5.75 Å². The zero-order valence-electron chi connectivity index (χ0n) is 8.44. The van der Waals surface area contributed by atoms with Crippen LogP contribution in [0.2, 0.25) is 0 Å². The number of pyridine rings is 1. The highest BCUT2D eigenvalue weighted by Crippen LogP contribution is 2.25. The number of rotatable bonds is 3. The molecule has 1 atom stereocenters. The van der Waals surface area contributed by atoms with Crippen LogP contribution in [0.25, 0.3) is 0 Å². The van der Waals surface area contributed by atoms with Crippen LogP contribution in [-0.2, 0) is 4.79 Å². The van der Waals surface area contributed by atoms with Gasteiger partial charge in [-0.15, -0.1) is 0 Å². The average molecular weight is 195 g/mol. The largest absolute Gasteiger partial charge is 0.495 e. The highest BCUT2D eigenvalue weighted by molar-refractivity contribution is 5.76. The number of carboxylic acids is 1. The Labute approximate surface area is 82.5 Å². The zero-order chi connectivity index (χ0) is 10.7. The van der Waals surface area contributed by atoms with E-state index < -0.39 is 11.9 Å². The lowest BCUT2D eigenvalue weighted by atomic mass is 9.98. The maximum atomic E-state index is 10.8. The van der Waals surface area contributed by atoms with E-state index in [1.807, 2.05) is 6.92 Å². The van der Waals surface area contributed by atoms with Crippen LogP contribution in [0.3, 0.4) is 0 Å². The molecule has 4 heteroatoms. The van der Waals surface area contributed by atoms with Crippen molar-refractivity contribution >= 4 is 5.97 Å². The fourth-order valence-corrected chi connectivity index (χ4v) is 1.30. The first-order chi connectivity index (χ1) is 6.57. The van der Waals surface area contributed by atoms with Gasteiger partial charge in [0.15, 0.2) is 0 Å². The van der Waals surface area contributed by atoms with Crippen molar-refractivity contribution in [1.29, 1.82) is 0 Å². The number of aromatic nitrogens is 1. The van der Waals surface area contributed by atoms with Crippen LogP contribution in [0.15, 0.2) is 12.4 Å². The SMILES string of the molecule is COc1cncc(C(C)C(=O)O)c1C. The fourth-order valence-electron chi connectivity index (χ4n) is 1.30. The molecule has 4 nitrogen and oxygen atoms in total. The van der Waals surface area contributed by atoms with E-state index in [9.17, 15) is 4.79 Å². The van der Waals surface area contributed by atoms with Gasteiger partial charge in [-0.05, 0) is 25.0 Å². The Kier molecular flexibility index (Phi) is 3.06. The quantitative estimate of drug-likeness (QED) is 0.795. The van der Waals surface area contributed by atoms with Crippen molar-refractivity contribution in [2.45, 2.75) is 19.8 Å². The highest BCUT2D eigenvalue weighted by atomic mass is 16.5. The van der Waals surface area contributed by atoms with Crippen molar-refractivity contribution in [1.82, 2.24) is 4.98 Å².